The van der Waals surface area contributed by atoms with Crippen molar-refractivity contribution in [1.82, 2.24) is 0 Å². The van der Waals surface area contributed by atoms with Gasteiger partial charge in [-0.25, -0.2) is 0 Å². The molecule has 0 aliphatic heterocycles. The zero-order valence-electron chi connectivity index (χ0n) is 12.6. The molecule has 0 saturated carbocycles. The molecule has 0 aromatic rings. The third kappa shape index (κ3) is 8.12. The molecular weight excluding hydrogens is 264 g/mol. The highest BCUT2D eigenvalue weighted by molar-refractivity contribution is 5.76. The molecule has 1 N–H and O–H groups in total. The monoisotopic (exact) mass is 290 g/mol. The van der Waals surface area contributed by atoms with Crippen LogP contribution in [0.2, 0.25) is 0 Å². The molecule has 0 aliphatic carbocycles. The van der Waals surface area contributed by atoms with E-state index in [0.29, 0.717) is 19.6 Å². The SMILES string of the molecule is CCCCCC(OCC)(OCC)OC(=O)CCC(=O)O. The minimum Gasteiger partial charge on any atom is -0.481 e. The van der Waals surface area contributed by atoms with Crippen LogP contribution in [0.1, 0.15) is 59.3 Å². The topological polar surface area (TPSA) is 82.1 Å². The molecule has 0 aliphatic rings. The van der Waals surface area contributed by atoms with Gasteiger partial charge in [0.1, 0.15) is 0 Å². The van der Waals surface area contributed by atoms with E-state index in [0.717, 1.165) is 19.3 Å². The molecule has 0 atom stereocenters. The number of ether oxygens (including phenoxy) is 3. The second-order valence-corrected chi connectivity index (χ2v) is 4.37. The molecule has 0 radical (unpaired) electrons. The van der Waals surface area contributed by atoms with Gasteiger partial charge in [-0.1, -0.05) is 19.8 Å². The lowest BCUT2D eigenvalue weighted by molar-refractivity contribution is -0.363. The first-order valence-electron chi connectivity index (χ1n) is 7.21. The van der Waals surface area contributed by atoms with E-state index in [1.807, 2.05) is 0 Å². The smallest absolute Gasteiger partial charge is 0.329 e. The molecule has 0 rings (SSSR count). The molecule has 6 nitrogen and oxygen atoms in total. The maximum absolute atomic E-state index is 11.7. The van der Waals surface area contributed by atoms with Crippen LogP contribution in [-0.2, 0) is 23.8 Å². The number of esters is 1. The van der Waals surface area contributed by atoms with Crippen LogP contribution in [0.3, 0.4) is 0 Å². The highest BCUT2D eigenvalue weighted by Gasteiger charge is 2.35. The average molecular weight is 290 g/mol. The van der Waals surface area contributed by atoms with E-state index in [1.165, 1.54) is 0 Å². The van der Waals surface area contributed by atoms with E-state index in [1.54, 1.807) is 13.8 Å². The van der Waals surface area contributed by atoms with Crippen LogP contribution in [0.15, 0.2) is 0 Å². The molecule has 0 spiro atoms. The molecule has 0 amide bonds. The molecule has 20 heavy (non-hydrogen) atoms. The standard InChI is InChI=1S/C14H26O6/c1-4-7-8-11-14(18-5-2,19-6-3)20-13(17)10-9-12(15)16/h4-11H2,1-3H3,(H,15,16). The van der Waals surface area contributed by atoms with Crippen LogP contribution in [0.4, 0.5) is 0 Å². The van der Waals surface area contributed by atoms with Crippen molar-refractivity contribution in [2.45, 2.75) is 65.3 Å². The highest BCUT2D eigenvalue weighted by atomic mass is 16.9. The van der Waals surface area contributed by atoms with Crippen LogP contribution < -0.4 is 0 Å². The number of carboxylic acid groups (broad SMARTS) is 1. The molecule has 0 fully saturated rings. The summed E-state index contributed by atoms with van der Waals surface area (Å²) in [6.07, 6.45) is 2.81. The van der Waals surface area contributed by atoms with Crippen LogP contribution in [0.5, 0.6) is 0 Å². The Morgan fingerprint density at radius 1 is 1.00 bits per heavy atom. The van der Waals surface area contributed by atoms with Gasteiger partial charge in [0.05, 0.1) is 26.1 Å². The third-order valence-corrected chi connectivity index (χ3v) is 2.63. The predicted octanol–water partition coefficient (Wildman–Crippen LogP) is 2.70. The highest BCUT2D eigenvalue weighted by Crippen LogP contribution is 2.24. The van der Waals surface area contributed by atoms with Gasteiger partial charge in [-0.2, -0.15) is 0 Å². The number of hydrogen-bond acceptors (Lipinski definition) is 5. The van der Waals surface area contributed by atoms with Crippen molar-refractivity contribution in [3.8, 4) is 0 Å². The Balaban J connectivity index is 4.60. The Bertz CT molecular complexity index is 283. The number of carbonyl (C=O) groups is 2. The summed E-state index contributed by atoms with van der Waals surface area (Å²) in [5.41, 5.74) is 0. The van der Waals surface area contributed by atoms with Gasteiger partial charge in [-0.15, -0.1) is 0 Å². The second kappa shape index (κ2) is 10.6. The van der Waals surface area contributed by atoms with Gasteiger partial charge in [0.25, 0.3) is 0 Å². The zero-order valence-corrected chi connectivity index (χ0v) is 12.6. The first-order valence-corrected chi connectivity index (χ1v) is 7.21. The number of carboxylic acids is 1. The summed E-state index contributed by atoms with van der Waals surface area (Å²) in [4.78, 5) is 22.2. The maximum atomic E-state index is 11.7. The molecule has 118 valence electrons. The molecule has 0 bridgehead atoms. The maximum Gasteiger partial charge on any atom is 0.329 e. The molecule has 6 heteroatoms. The Morgan fingerprint density at radius 2 is 1.60 bits per heavy atom. The molecule has 0 aromatic heterocycles. The third-order valence-electron chi connectivity index (χ3n) is 2.63. The lowest BCUT2D eigenvalue weighted by atomic mass is 10.2. The number of rotatable bonds is 12. The summed E-state index contributed by atoms with van der Waals surface area (Å²) in [5, 5.41) is 8.57. The lowest BCUT2D eigenvalue weighted by Gasteiger charge is -2.32. The van der Waals surface area contributed by atoms with Gasteiger partial charge in [-0.05, 0) is 20.3 Å². The molecule has 0 aromatic carbocycles. The van der Waals surface area contributed by atoms with Gasteiger partial charge in [0.2, 0.25) is 0 Å². The van der Waals surface area contributed by atoms with Crippen molar-refractivity contribution < 1.29 is 28.9 Å². The fourth-order valence-electron chi connectivity index (χ4n) is 1.76. The first-order chi connectivity index (χ1) is 9.49. The summed E-state index contributed by atoms with van der Waals surface area (Å²) in [6, 6.07) is 0. The van der Waals surface area contributed by atoms with Gasteiger partial charge in [0.15, 0.2) is 0 Å². The number of unbranched alkanes of at least 4 members (excludes halogenated alkanes) is 2. The average Bonchev–Trinajstić information content (AvgIpc) is 2.37. The van der Waals surface area contributed by atoms with Crippen LogP contribution in [0, 0.1) is 0 Å². The summed E-state index contributed by atoms with van der Waals surface area (Å²) in [5.74, 6) is -3.04. The van der Waals surface area contributed by atoms with Crippen LogP contribution in [0.25, 0.3) is 0 Å². The van der Waals surface area contributed by atoms with Gasteiger partial charge < -0.3 is 19.3 Å². The van der Waals surface area contributed by atoms with Crippen molar-refractivity contribution in [3.63, 3.8) is 0 Å². The summed E-state index contributed by atoms with van der Waals surface area (Å²) < 4.78 is 16.2. The number of carbonyl (C=O) groups excluding carboxylic acids is 1. The largest absolute Gasteiger partial charge is 0.481 e. The summed E-state index contributed by atoms with van der Waals surface area (Å²) in [6.45, 7) is 6.34. The fraction of sp³-hybridized carbons (Fsp3) is 0.857. The zero-order chi connectivity index (χ0) is 15.4. The van der Waals surface area contributed by atoms with E-state index in [4.69, 9.17) is 19.3 Å². The molecule has 0 saturated heterocycles. The predicted molar refractivity (Wildman–Crippen MR) is 73.1 cm³/mol. The molecule has 0 heterocycles. The van der Waals surface area contributed by atoms with Gasteiger partial charge in [0, 0.05) is 6.42 Å². The quantitative estimate of drug-likeness (QED) is 0.338. The Morgan fingerprint density at radius 3 is 2.05 bits per heavy atom. The summed E-state index contributed by atoms with van der Waals surface area (Å²) >= 11 is 0. The first kappa shape index (κ1) is 18.9. The number of hydrogen-bond donors (Lipinski definition) is 1. The van der Waals surface area contributed by atoms with E-state index < -0.39 is 17.9 Å². The van der Waals surface area contributed by atoms with Crippen molar-refractivity contribution in [2.24, 2.45) is 0 Å². The van der Waals surface area contributed by atoms with Crippen molar-refractivity contribution in [2.75, 3.05) is 13.2 Å². The van der Waals surface area contributed by atoms with E-state index in [-0.39, 0.29) is 12.8 Å². The van der Waals surface area contributed by atoms with E-state index >= 15 is 0 Å². The normalized spacial score (nSPS) is 11.3. The van der Waals surface area contributed by atoms with Crippen molar-refractivity contribution in [3.05, 3.63) is 0 Å². The fourth-order valence-corrected chi connectivity index (χ4v) is 1.76. The lowest BCUT2D eigenvalue weighted by Crippen LogP contribution is -2.41. The Hall–Kier alpha value is -1.14. The minimum absolute atomic E-state index is 0.189. The minimum atomic E-state index is -1.38. The number of aliphatic carboxylic acids is 1. The van der Waals surface area contributed by atoms with Gasteiger partial charge >= 0.3 is 17.9 Å². The Labute approximate surface area is 120 Å². The van der Waals surface area contributed by atoms with Crippen molar-refractivity contribution in [1.29, 1.82) is 0 Å². The van der Waals surface area contributed by atoms with E-state index in [2.05, 4.69) is 6.92 Å². The molecule has 0 unspecified atom stereocenters. The van der Waals surface area contributed by atoms with Gasteiger partial charge in [-0.3, -0.25) is 9.59 Å². The summed E-state index contributed by atoms with van der Waals surface area (Å²) in [7, 11) is 0. The van der Waals surface area contributed by atoms with E-state index in [9.17, 15) is 9.59 Å². The second-order valence-electron chi connectivity index (χ2n) is 4.37. The Kier molecular flexibility index (Phi) is 10.0. The van der Waals surface area contributed by atoms with Crippen LogP contribution in [-0.4, -0.2) is 36.2 Å². The van der Waals surface area contributed by atoms with Crippen LogP contribution >= 0.6 is 0 Å². The molecular formula is C14H26O6. The van der Waals surface area contributed by atoms with Crippen molar-refractivity contribution >= 4 is 11.9 Å².